The molecule has 0 aliphatic rings. The van der Waals surface area contributed by atoms with Crippen LogP contribution in [0.5, 0.6) is 5.75 Å². The zero-order chi connectivity index (χ0) is 9.14. The molecule has 1 aromatic heterocycles. The Kier molecular flexibility index (Phi) is 3.19. The minimum atomic E-state index is -2.59. The highest BCUT2D eigenvalue weighted by Crippen LogP contribution is 2.30. The minimum Gasteiger partial charge on any atom is -0.493 e. The van der Waals surface area contributed by atoms with E-state index in [1.165, 1.54) is 13.3 Å². The number of rotatable bonds is 2. The molecule has 1 rings (SSSR count). The summed E-state index contributed by atoms with van der Waals surface area (Å²) >= 11 is 1.92. The van der Waals surface area contributed by atoms with Crippen LogP contribution in [-0.4, -0.2) is 12.1 Å². The molecule has 1 aromatic rings. The number of pyridine rings is 1. The zero-order valence-electron chi connectivity index (χ0n) is 6.22. The Bertz CT molecular complexity index is 280. The Morgan fingerprint density at radius 1 is 1.58 bits per heavy atom. The molecular formula is C7H6F2INO. The Hall–Kier alpha value is -0.460. The molecule has 0 spiro atoms. The van der Waals surface area contributed by atoms with Crippen LogP contribution in [0.3, 0.4) is 0 Å². The molecule has 0 aliphatic heterocycles. The lowest BCUT2D eigenvalue weighted by atomic mass is 10.3. The summed E-state index contributed by atoms with van der Waals surface area (Å²) in [6, 6.07) is 1.62. The first kappa shape index (κ1) is 9.63. The molecule has 5 heteroatoms. The van der Waals surface area contributed by atoms with Gasteiger partial charge in [-0.1, -0.05) is 0 Å². The van der Waals surface area contributed by atoms with Gasteiger partial charge in [-0.15, -0.1) is 0 Å². The molecule has 0 amide bonds. The van der Waals surface area contributed by atoms with Crippen molar-refractivity contribution >= 4 is 22.6 Å². The largest absolute Gasteiger partial charge is 0.493 e. The normalized spacial score (nSPS) is 10.4. The van der Waals surface area contributed by atoms with Crippen LogP contribution in [0.25, 0.3) is 0 Å². The highest BCUT2D eigenvalue weighted by atomic mass is 127. The van der Waals surface area contributed by atoms with Gasteiger partial charge in [0.2, 0.25) is 0 Å². The summed E-state index contributed by atoms with van der Waals surface area (Å²) in [5.41, 5.74) is -0.301. The number of alkyl halides is 2. The smallest absolute Gasteiger partial charge is 0.284 e. The van der Waals surface area contributed by atoms with Crippen LogP contribution in [0.15, 0.2) is 12.3 Å². The Labute approximate surface area is 82.1 Å². The quantitative estimate of drug-likeness (QED) is 0.779. The van der Waals surface area contributed by atoms with Crippen LogP contribution in [0.2, 0.25) is 0 Å². The molecule has 0 fully saturated rings. The van der Waals surface area contributed by atoms with Gasteiger partial charge in [0.25, 0.3) is 6.43 Å². The second kappa shape index (κ2) is 3.97. The highest BCUT2D eigenvalue weighted by Gasteiger charge is 2.17. The summed E-state index contributed by atoms with van der Waals surface area (Å²) < 4.78 is 29.9. The van der Waals surface area contributed by atoms with Crippen molar-refractivity contribution in [3.63, 3.8) is 0 Å². The third kappa shape index (κ3) is 1.82. The topological polar surface area (TPSA) is 22.1 Å². The van der Waals surface area contributed by atoms with Crippen molar-refractivity contribution in [1.29, 1.82) is 0 Å². The fourth-order valence-corrected chi connectivity index (χ4v) is 1.45. The molecule has 2 nitrogen and oxygen atoms in total. The van der Waals surface area contributed by atoms with E-state index in [1.54, 1.807) is 6.07 Å². The van der Waals surface area contributed by atoms with Gasteiger partial charge in [-0.25, -0.2) is 8.78 Å². The lowest BCUT2D eigenvalue weighted by Crippen LogP contribution is -1.97. The summed E-state index contributed by atoms with van der Waals surface area (Å²) in [5.74, 6) is 0.160. The van der Waals surface area contributed by atoms with Crippen molar-refractivity contribution in [2.24, 2.45) is 0 Å². The number of hydrogen-bond donors (Lipinski definition) is 0. The van der Waals surface area contributed by atoms with Gasteiger partial charge in [0, 0.05) is 6.20 Å². The second-order valence-electron chi connectivity index (χ2n) is 2.01. The van der Waals surface area contributed by atoms with Crippen molar-refractivity contribution in [2.75, 3.05) is 7.11 Å². The Balaban J connectivity index is 3.18. The van der Waals surface area contributed by atoms with Crippen LogP contribution in [0.4, 0.5) is 8.78 Å². The summed E-state index contributed by atoms with van der Waals surface area (Å²) in [7, 11) is 1.35. The van der Waals surface area contributed by atoms with E-state index in [0.29, 0.717) is 3.57 Å². The Morgan fingerprint density at radius 3 is 2.67 bits per heavy atom. The molecule has 0 bridgehead atoms. The SMILES string of the molecule is COc1c(I)ccnc1C(F)F. The molecular weight excluding hydrogens is 279 g/mol. The van der Waals surface area contributed by atoms with E-state index >= 15 is 0 Å². The maximum atomic E-state index is 12.2. The first-order valence-electron chi connectivity index (χ1n) is 3.13. The van der Waals surface area contributed by atoms with Crippen molar-refractivity contribution in [3.8, 4) is 5.75 Å². The molecule has 0 radical (unpaired) electrons. The molecule has 0 N–H and O–H groups in total. The lowest BCUT2D eigenvalue weighted by Gasteiger charge is -2.07. The lowest BCUT2D eigenvalue weighted by molar-refractivity contribution is 0.141. The molecule has 66 valence electrons. The maximum absolute atomic E-state index is 12.2. The van der Waals surface area contributed by atoms with Gasteiger partial charge in [0.1, 0.15) is 5.69 Å². The highest BCUT2D eigenvalue weighted by molar-refractivity contribution is 14.1. The van der Waals surface area contributed by atoms with Crippen molar-refractivity contribution in [2.45, 2.75) is 6.43 Å². The number of hydrogen-bond acceptors (Lipinski definition) is 2. The first-order chi connectivity index (χ1) is 5.66. The van der Waals surface area contributed by atoms with Crippen LogP contribution in [0, 0.1) is 3.57 Å². The summed E-state index contributed by atoms with van der Waals surface area (Å²) in [4.78, 5) is 3.53. The Morgan fingerprint density at radius 2 is 2.25 bits per heavy atom. The standard InChI is InChI=1S/C7H6F2INO/c1-12-6-4(10)2-3-11-5(6)7(8)9/h2-3,7H,1H3. The minimum absolute atomic E-state index is 0.160. The van der Waals surface area contributed by atoms with Crippen LogP contribution < -0.4 is 4.74 Å². The summed E-state index contributed by atoms with van der Waals surface area (Å²) in [5, 5.41) is 0. The third-order valence-electron chi connectivity index (χ3n) is 1.29. The number of aromatic nitrogens is 1. The van der Waals surface area contributed by atoms with Gasteiger partial charge in [-0.05, 0) is 28.7 Å². The van der Waals surface area contributed by atoms with E-state index in [4.69, 9.17) is 4.74 Å². The fraction of sp³-hybridized carbons (Fsp3) is 0.286. The molecule has 0 atom stereocenters. The van der Waals surface area contributed by atoms with Gasteiger partial charge >= 0.3 is 0 Å². The average molecular weight is 285 g/mol. The van der Waals surface area contributed by atoms with E-state index in [0.717, 1.165) is 0 Å². The van der Waals surface area contributed by atoms with Crippen molar-refractivity contribution in [3.05, 3.63) is 21.5 Å². The molecule has 12 heavy (non-hydrogen) atoms. The number of halogens is 3. The fourth-order valence-electron chi connectivity index (χ4n) is 0.797. The van der Waals surface area contributed by atoms with Crippen molar-refractivity contribution < 1.29 is 13.5 Å². The monoisotopic (exact) mass is 285 g/mol. The van der Waals surface area contributed by atoms with E-state index in [1.807, 2.05) is 22.6 Å². The maximum Gasteiger partial charge on any atom is 0.284 e. The van der Waals surface area contributed by atoms with Crippen molar-refractivity contribution in [1.82, 2.24) is 4.98 Å². The number of ether oxygens (including phenoxy) is 1. The zero-order valence-corrected chi connectivity index (χ0v) is 8.38. The third-order valence-corrected chi connectivity index (χ3v) is 2.14. The van der Waals surface area contributed by atoms with Crippen LogP contribution in [0.1, 0.15) is 12.1 Å². The van der Waals surface area contributed by atoms with Crippen LogP contribution in [-0.2, 0) is 0 Å². The van der Waals surface area contributed by atoms with E-state index < -0.39 is 6.43 Å². The first-order valence-corrected chi connectivity index (χ1v) is 4.21. The van der Waals surface area contributed by atoms with E-state index in [9.17, 15) is 8.78 Å². The summed E-state index contributed by atoms with van der Waals surface area (Å²) in [6.45, 7) is 0. The predicted octanol–water partition coefficient (Wildman–Crippen LogP) is 2.63. The molecule has 0 aromatic carbocycles. The van der Waals surface area contributed by atoms with Gasteiger partial charge in [0.05, 0.1) is 10.7 Å². The molecule has 0 unspecified atom stereocenters. The second-order valence-corrected chi connectivity index (χ2v) is 3.17. The van der Waals surface area contributed by atoms with Gasteiger partial charge < -0.3 is 4.74 Å². The number of methoxy groups -OCH3 is 1. The molecule has 0 aliphatic carbocycles. The molecule has 0 saturated heterocycles. The summed E-state index contributed by atoms with van der Waals surface area (Å²) in [6.07, 6.45) is -1.25. The predicted molar refractivity (Wildman–Crippen MR) is 48.5 cm³/mol. The average Bonchev–Trinajstić information content (AvgIpc) is 2.03. The van der Waals surface area contributed by atoms with E-state index in [2.05, 4.69) is 4.98 Å². The number of nitrogens with zero attached hydrogens (tertiary/aromatic N) is 1. The van der Waals surface area contributed by atoms with Crippen LogP contribution >= 0.6 is 22.6 Å². The molecule has 0 saturated carbocycles. The van der Waals surface area contributed by atoms with Gasteiger partial charge in [-0.2, -0.15) is 0 Å². The van der Waals surface area contributed by atoms with E-state index in [-0.39, 0.29) is 11.4 Å². The van der Waals surface area contributed by atoms with Gasteiger partial charge in [0.15, 0.2) is 5.75 Å². The van der Waals surface area contributed by atoms with Gasteiger partial charge in [-0.3, -0.25) is 4.98 Å². The molecule has 1 heterocycles.